The molecule has 0 aliphatic carbocycles. The van der Waals surface area contributed by atoms with Gasteiger partial charge in [0.05, 0.1) is 11.7 Å². The zero-order valence-corrected chi connectivity index (χ0v) is 9.81. The smallest absolute Gasteiger partial charge is 0.134 e. The molecular formula is C9H10BrNO2S. The number of thioether (sulfide) groups is 1. The number of aliphatic carboxylic acids is 1. The molecule has 3 nitrogen and oxygen atoms in total. The molecule has 0 spiro atoms. The summed E-state index contributed by atoms with van der Waals surface area (Å²) in [7, 11) is 0. The highest BCUT2D eigenvalue weighted by molar-refractivity contribution is 9.10. The van der Waals surface area contributed by atoms with Crippen LogP contribution in [-0.4, -0.2) is 17.8 Å². The summed E-state index contributed by atoms with van der Waals surface area (Å²) in [6.07, 6.45) is 0. The van der Waals surface area contributed by atoms with Crippen LogP contribution in [0.3, 0.4) is 0 Å². The molecule has 5 heteroatoms. The minimum absolute atomic E-state index is 0.434. The molecule has 0 aliphatic rings. The minimum Gasteiger partial charge on any atom is -0.544 e. The number of carbonyl (C=O) groups excluding carboxylic acids is 1. The summed E-state index contributed by atoms with van der Waals surface area (Å²) < 4.78 is 1.01. The highest BCUT2D eigenvalue weighted by Gasteiger charge is 2.07. The van der Waals surface area contributed by atoms with E-state index in [1.54, 1.807) is 0 Å². The molecule has 0 heterocycles. The van der Waals surface area contributed by atoms with Crippen molar-refractivity contribution in [2.45, 2.75) is 10.9 Å². The Morgan fingerprint density at radius 3 is 2.57 bits per heavy atom. The first-order chi connectivity index (χ1) is 6.59. The van der Waals surface area contributed by atoms with E-state index < -0.39 is 12.0 Å². The molecule has 0 aromatic heterocycles. The fourth-order valence-corrected chi connectivity index (χ4v) is 1.92. The van der Waals surface area contributed by atoms with Crippen LogP contribution in [0.25, 0.3) is 0 Å². The molecule has 1 aromatic carbocycles. The van der Waals surface area contributed by atoms with Gasteiger partial charge in [-0.3, -0.25) is 0 Å². The van der Waals surface area contributed by atoms with Crippen molar-refractivity contribution in [3.63, 3.8) is 0 Å². The van der Waals surface area contributed by atoms with Crippen molar-refractivity contribution in [2.24, 2.45) is 0 Å². The van der Waals surface area contributed by atoms with Gasteiger partial charge in [0, 0.05) is 9.37 Å². The van der Waals surface area contributed by atoms with Gasteiger partial charge in [-0.15, -0.1) is 11.8 Å². The number of carboxylic acids is 1. The standard InChI is InChI=1S/C9H10BrNO2S/c10-6-1-3-7(4-2-6)14-5-8(11)9(12)13/h1-4,8H,5,11H2,(H,12,13)/t8-/m0/s1. The largest absolute Gasteiger partial charge is 0.544 e. The van der Waals surface area contributed by atoms with Crippen molar-refractivity contribution in [3.05, 3.63) is 28.7 Å². The zero-order valence-electron chi connectivity index (χ0n) is 7.40. The average Bonchev–Trinajstić information content (AvgIpc) is 2.16. The summed E-state index contributed by atoms with van der Waals surface area (Å²) in [5.41, 5.74) is 3.48. The third kappa shape index (κ3) is 3.69. The first-order valence-corrected chi connectivity index (χ1v) is 5.80. The molecule has 1 atom stereocenters. The summed E-state index contributed by atoms with van der Waals surface area (Å²) in [6.45, 7) is 0. The number of carboxylic acid groups (broad SMARTS) is 1. The number of hydrogen-bond acceptors (Lipinski definition) is 3. The van der Waals surface area contributed by atoms with Crippen molar-refractivity contribution < 1.29 is 15.6 Å². The molecule has 3 N–H and O–H groups in total. The highest BCUT2D eigenvalue weighted by atomic mass is 79.9. The molecule has 0 bridgehead atoms. The number of carbonyl (C=O) groups is 1. The van der Waals surface area contributed by atoms with Gasteiger partial charge in [0.25, 0.3) is 0 Å². The summed E-state index contributed by atoms with van der Waals surface area (Å²) in [5, 5.41) is 10.4. The number of rotatable bonds is 4. The van der Waals surface area contributed by atoms with Crippen molar-refractivity contribution >= 4 is 33.7 Å². The maximum atomic E-state index is 10.4. The molecule has 0 saturated heterocycles. The lowest BCUT2D eigenvalue weighted by atomic mass is 10.4. The monoisotopic (exact) mass is 275 g/mol. The quantitative estimate of drug-likeness (QED) is 0.781. The van der Waals surface area contributed by atoms with Gasteiger partial charge in [-0.2, -0.15) is 0 Å². The first-order valence-electron chi connectivity index (χ1n) is 4.02. The van der Waals surface area contributed by atoms with Gasteiger partial charge in [0.1, 0.15) is 6.04 Å². The van der Waals surface area contributed by atoms with Crippen molar-refractivity contribution in [2.75, 3.05) is 5.75 Å². The Labute approximate surface area is 94.8 Å². The molecule has 1 rings (SSSR count). The van der Waals surface area contributed by atoms with Crippen LogP contribution < -0.4 is 10.8 Å². The van der Waals surface area contributed by atoms with Crippen LogP contribution in [0.15, 0.2) is 33.6 Å². The Morgan fingerprint density at radius 2 is 2.07 bits per heavy atom. The maximum Gasteiger partial charge on any atom is 0.134 e. The first kappa shape index (κ1) is 11.6. The fourth-order valence-electron chi connectivity index (χ4n) is 0.796. The lowest BCUT2D eigenvalue weighted by Crippen LogP contribution is -2.69. The molecule has 0 unspecified atom stereocenters. The van der Waals surface area contributed by atoms with Gasteiger partial charge >= 0.3 is 0 Å². The van der Waals surface area contributed by atoms with Crippen LogP contribution in [0.4, 0.5) is 0 Å². The normalized spacial score (nSPS) is 12.4. The lowest BCUT2D eigenvalue weighted by molar-refractivity contribution is -0.431. The predicted octanol–water partition coefficient (Wildman–Crippen LogP) is -0.0984. The summed E-state index contributed by atoms with van der Waals surface area (Å²) >= 11 is 4.78. The molecule has 0 saturated carbocycles. The van der Waals surface area contributed by atoms with Crippen LogP contribution in [0, 0.1) is 0 Å². The van der Waals surface area contributed by atoms with Gasteiger partial charge in [-0.05, 0) is 24.3 Å². The van der Waals surface area contributed by atoms with Crippen LogP contribution in [-0.2, 0) is 4.79 Å². The third-order valence-corrected chi connectivity index (χ3v) is 3.30. The van der Waals surface area contributed by atoms with E-state index in [1.807, 2.05) is 24.3 Å². The van der Waals surface area contributed by atoms with Crippen molar-refractivity contribution in [1.82, 2.24) is 0 Å². The van der Waals surface area contributed by atoms with Crippen LogP contribution in [0.5, 0.6) is 0 Å². The third-order valence-electron chi connectivity index (χ3n) is 1.60. The Morgan fingerprint density at radius 1 is 1.50 bits per heavy atom. The van der Waals surface area contributed by atoms with Crippen LogP contribution in [0.1, 0.15) is 0 Å². The number of hydrogen-bond donors (Lipinski definition) is 1. The number of benzene rings is 1. The van der Waals surface area contributed by atoms with Crippen LogP contribution >= 0.6 is 27.7 Å². The van der Waals surface area contributed by atoms with E-state index in [1.165, 1.54) is 11.8 Å². The van der Waals surface area contributed by atoms with Crippen molar-refractivity contribution in [3.8, 4) is 0 Å². The summed E-state index contributed by atoms with van der Waals surface area (Å²) in [6, 6.07) is 7.02. The summed E-state index contributed by atoms with van der Waals surface area (Å²) in [5.74, 6) is -0.668. The Bertz CT molecular complexity index is 315. The molecule has 0 amide bonds. The van der Waals surface area contributed by atoms with Crippen molar-refractivity contribution in [1.29, 1.82) is 0 Å². The maximum absolute atomic E-state index is 10.4. The second-order valence-corrected chi connectivity index (χ2v) is 4.79. The molecule has 0 radical (unpaired) electrons. The van der Waals surface area contributed by atoms with Gasteiger partial charge in [-0.25, -0.2) is 0 Å². The van der Waals surface area contributed by atoms with Gasteiger partial charge in [0.15, 0.2) is 0 Å². The van der Waals surface area contributed by atoms with E-state index in [9.17, 15) is 9.90 Å². The Balaban J connectivity index is 2.46. The zero-order chi connectivity index (χ0) is 10.6. The Kier molecular flexibility index (Phi) is 4.44. The molecule has 14 heavy (non-hydrogen) atoms. The lowest BCUT2D eigenvalue weighted by Gasteiger charge is -2.08. The molecule has 1 aromatic rings. The second kappa shape index (κ2) is 5.38. The highest BCUT2D eigenvalue weighted by Crippen LogP contribution is 2.20. The summed E-state index contributed by atoms with van der Waals surface area (Å²) in [4.78, 5) is 11.4. The topological polar surface area (TPSA) is 67.8 Å². The van der Waals surface area contributed by atoms with E-state index in [4.69, 9.17) is 0 Å². The average molecular weight is 276 g/mol. The minimum atomic E-state index is -1.10. The Hall–Kier alpha value is -0.520. The van der Waals surface area contributed by atoms with E-state index >= 15 is 0 Å². The van der Waals surface area contributed by atoms with Gasteiger partial charge in [0.2, 0.25) is 0 Å². The van der Waals surface area contributed by atoms with E-state index in [-0.39, 0.29) is 0 Å². The number of halogens is 1. The van der Waals surface area contributed by atoms with Gasteiger partial charge in [-0.1, -0.05) is 15.9 Å². The van der Waals surface area contributed by atoms with Gasteiger partial charge < -0.3 is 15.6 Å². The SMILES string of the molecule is [NH3+][C@@H](CSc1ccc(Br)cc1)C(=O)[O-]. The van der Waals surface area contributed by atoms with Crippen LogP contribution in [0.2, 0.25) is 0 Å². The second-order valence-electron chi connectivity index (χ2n) is 2.78. The van der Waals surface area contributed by atoms with E-state index in [0.29, 0.717) is 5.75 Å². The van der Waals surface area contributed by atoms with E-state index in [2.05, 4.69) is 21.7 Å². The molecule has 0 aliphatic heterocycles. The number of quaternary nitrogens is 1. The van der Waals surface area contributed by atoms with E-state index in [0.717, 1.165) is 9.37 Å². The fraction of sp³-hybridized carbons (Fsp3) is 0.222. The molecule has 0 fully saturated rings. The molecule has 76 valence electrons. The molecular weight excluding hydrogens is 266 g/mol. The predicted molar refractivity (Wildman–Crippen MR) is 56.5 cm³/mol.